The van der Waals surface area contributed by atoms with Crippen LogP contribution in [0.1, 0.15) is 36.9 Å². The van der Waals surface area contributed by atoms with E-state index in [1.54, 1.807) is 12.1 Å². The zero-order valence-corrected chi connectivity index (χ0v) is 9.83. The zero-order chi connectivity index (χ0) is 11.7. The number of nitrogens with one attached hydrogen (secondary N) is 1. The lowest BCUT2D eigenvalue weighted by Crippen LogP contribution is -2.33. The van der Waals surface area contributed by atoms with Gasteiger partial charge in [-0.2, -0.15) is 0 Å². The molecule has 1 aromatic carbocycles. The van der Waals surface area contributed by atoms with Gasteiger partial charge in [0.25, 0.3) is 0 Å². The Morgan fingerprint density at radius 1 is 1.38 bits per heavy atom. The first kappa shape index (κ1) is 11.6. The van der Waals surface area contributed by atoms with Crippen LogP contribution in [0.25, 0.3) is 0 Å². The van der Waals surface area contributed by atoms with E-state index in [4.69, 9.17) is 5.84 Å². The third kappa shape index (κ3) is 2.42. The summed E-state index contributed by atoms with van der Waals surface area (Å²) in [5.41, 5.74) is 4.73. The molecule has 1 aliphatic rings. The second-order valence-electron chi connectivity index (χ2n) is 4.90. The van der Waals surface area contributed by atoms with Gasteiger partial charge in [-0.05, 0) is 54.9 Å². The van der Waals surface area contributed by atoms with Crippen molar-refractivity contribution in [1.82, 2.24) is 5.43 Å². The van der Waals surface area contributed by atoms with Crippen molar-refractivity contribution >= 4 is 0 Å². The van der Waals surface area contributed by atoms with Crippen LogP contribution in [-0.2, 0) is 0 Å². The largest absolute Gasteiger partial charge is 0.271 e. The molecule has 1 aromatic rings. The van der Waals surface area contributed by atoms with Crippen LogP contribution in [0.15, 0.2) is 18.2 Å². The average molecular weight is 222 g/mol. The number of rotatable bonds is 4. The fourth-order valence-electron chi connectivity index (χ4n) is 2.39. The van der Waals surface area contributed by atoms with Crippen LogP contribution < -0.4 is 11.3 Å². The van der Waals surface area contributed by atoms with Crippen LogP contribution >= 0.6 is 0 Å². The van der Waals surface area contributed by atoms with E-state index in [-0.39, 0.29) is 11.9 Å². The Balaban J connectivity index is 2.24. The fraction of sp³-hybridized carbons (Fsp3) is 0.538. The minimum atomic E-state index is -0.182. The Labute approximate surface area is 96.0 Å². The van der Waals surface area contributed by atoms with Crippen molar-refractivity contribution in [3.63, 3.8) is 0 Å². The summed E-state index contributed by atoms with van der Waals surface area (Å²) in [6.07, 6.45) is 2.54. The van der Waals surface area contributed by atoms with Crippen molar-refractivity contribution in [2.24, 2.45) is 17.7 Å². The monoisotopic (exact) mass is 222 g/mol. The number of benzene rings is 1. The SMILES string of the molecule is Cc1cc(F)cc(C(NN)C(C)C2CC2)c1. The number of halogens is 1. The summed E-state index contributed by atoms with van der Waals surface area (Å²) in [4.78, 5) is 0. The normalized spacial score (nSPS) is 19.5. The molecule has 3 N–H and O–H groups in total. The maximum Gasteiger partial charge on any atom is 0.123 e. The van der Waals surface area contributed by atoms with Gasteiger partial charge in [-0.25, -0.2) is 4.39 Å². The molecular formula is C13H19FN2. The summed E-state index contributed by atoms with van der Waals surface area (Å²) >= 11 is 0. The topological polar surface area (TPSA) is 38.0 Å². The lowest BCUT2D eigenvalue weighted by molar-refractivity contribution is 0.353. The summed E-state index contributed by atoms with van der Waals surface area (Å²) in [7, 11) is 0. The van der Waals surface area contributed by atoms with Gasteiger partial charge in [-0.3, -0.25) is 11.3 Å². The number of aryl methyl sites for hydroxylation is 1. The summed E-state index contributed by atoms with van der Waals surface area (Å²) in [6.45, 7) is 4.09. The second-order valence-corrected chi connectivity index (χ2v) is 4.90. The lowest BCUT2D eigenvalue weighted by Gasteiger charge is -2.24. The van der Waals surface area contributed by atoms with E-state index in [1.165, 1.54) is 12.8 Å². The molecule has 0 aromatic heterocycles. The fourth-order valence-corrected chi connectivity index (χ4v) is 2.39. The van der Waals surface area contributed by atoms with Crippen LogP contribution in [0, 0.1) is 24.6 Å². The van der Waals surface area contributed by atoms with Crippen LogP contribution in [0.2, 0.25) is 0 Å². The molecule has 3 heteroatoms. The van der Waals surface area contributed by atoms with Crippen molar-refractivity contribution < 1.29 is 4.39 Å². The standard InChI is InChI=1S/C13H19FN2/c1-8-5-11(7-12(14)6-8)13(16-15)9(2)10-3-4-10/h5-7,9-10,13,16H,3-4,15H2,1-2H3. The minimum absolute atomic E-state index is 0.0573. The van der Waals surface area contributed by atoms with Gasteiger partial charge >= 0.3 is 0 Å². The molecule has 2 rings (SSSR count). The van der Waals surface area contributed by atoms with Crippen LogP contribution in [0.3, 0.4) is 0 Å². The Morgan fingerprint density at radius 3 is 2.56 bits per heavy atom. The molecular weight excluding hydrogens is 203 g/mol. The third-order valence-electron chi connectivity index (χ3n) is 3.49. The molecule has 1 fully saturated rings. The van der Waals surface area contributed by atoms with Crippen LogP contribution in [0.5, 0.6) is 0 Å². The van der Waals surface area contributed by atoms with Crippen LogP contribution in [0.4, 0.5) is 4.39 Å². The molecule has 0 saturated heterocycles. The highest BCUT2D eigenvalue weighted by molar-refractivity contribution is 5.27. The van der Waals surface area contributed by atoms with E-state index in [1.807, 2.05) is 13.0 Å². The summed E-state index contributed by atoms with van der Waals surface area (Å²) < 4.78 is 13.3. The van der Waals surface area contributed by atoms with Gasteiger partial charge in [-0.15, -0.1) is 0 Å². The minimum Gasteiger partial charge on any atom is -0.271 e. The molecule has 0 spiro atoms. The molecule has 2 atom stereocenters. The maximum absolute atomic E-state index is 13.3. The highest BCUT2D eigenvalue weighted by Gasteiger charge is 2.33. The van der Waals surface area contributed by atoms with Gasteiger partial charge < -0.3 is 0 Å². The highest BCUT2D eigenvalue weighted by atomic mass is 19.1. The van der Waals surface area contributed by atoms with Crippen LogP contribution in [-0.4, -0.2) is 0 Å². The average Bonchev–Trinajstić information content (AvgIpc) is 2.99. The van der Waals surface area contributed by atoms with E-state index in [0.29, 0.717) is 5.92 Å². The number of nitrogens with two attached hydrogens (primary N) is 1. The number of hydrazine groups is 1. The first-order chi connectivity index (χ1) is 7.61. The molecule has 0 amide bonds. The van der Waals surface area contributed by atoms with Crippen molar-refractivity contribution in [1.29, 1.82) is 0 Å². The molecule has 0 aliphatic heterocycles. The zero-order valence-electron chi connectivity index (χ0n) is 9.83. The van der Waals surface area contributed by atoms with Gasteiger partial charge in [0, 0.05) is 6.04 Å². The highest BCUT2D eigenvalue weighted by Crippen LogP contribution is 2.42. The van der Waals surface area contributed by atoms with Gasteiger partial charge in [0.1, 0.15) is 5.82 Å². The summed E-state index contributed by atoms with van der Waals surface area (Å²) in [5, 5.41) is 0. The van der Waals surface area contributed by atoms with Gasteiger partial charge in [0.05, 0.1) is 0 Å². The Hall–Kier alpha value is -0.930. The van der Waals surface area contributed by atoms with E-state index in [9.17, 15) is 4.39 Å². The first-order valence-corrected chi connectivity index (χ1v) is 5.85. The lowest BCUT2D eigenvalue weighted by atomic mass is 9.90. The smallest absolute Gasteiger partial charge is 0.123 e. The van der Waals surface area contributed by atoms with E-state index >= 15 is 0 Å². The Morgan fingerprint density at radius 2 is 2.06 bits per heavy atom. The molecule has 2 nitrogen and oxygen atoms in total. The molecule has 88 valence electrons. The van der Waals surface area contributed by atoms with Crippen molar-refractivity contribution in [2.45, 2.75) is 32.7 Å². The quantitative estimate of drug-likeness (QED) is 0.607. The molecule has 2 unspecified atom stereocenters. The molecule has 0 bridgehead atoms. The molecule has 1 aliphatic carbocycles. The van der Waals surface area contributed by atoms with E-state index < -0.39 is 0 Å². The number of hydrogen-bond donors (Lipinski definition) is 2. The van der Waals surface area contributed by atoms with Crippen molar-refractivity contribution in [3.8, 4) is 0 Å². The summed E-state index contributed by atoms with van der Waals surface area (Å²) in [6, 6.07) is 5.18. The van der Waals surface area contributed by atoms with Gasteiger partial charge in [0.2, 0.25) is 0 Å². The maximum atomic E-state index is 13.3. The molecule has 16 heavy (non-hydrogen) atoms. The molecule has 1 saturated carbocycles. The second kappa shape index (κ2) is 4.52. The predicted octanol–water partition coefficient (Wildman–Crippen LogP) is 2.68. The molecule has 0 radical (unpaired) electrons. The third-order valence-corrected chi connectivity index (χ3v) is 3.49. The Kier molecular flexibility index (Phi) is 3.26. The predicted molar refractivity (Wildman–Crippen MR) is 63.1 cm³/mol. The van der Waals surface area contributed by atoms with E-state index in [0.717, 1.165) is 17.0 Å². The van der Waals surface area contributed by atoms with Crippen molar-refractivity contribution in [2.75, 3.05) is 0 Å². The Bertz CT molecular complexity index is 354. The first-order valence-electron chi connectivity index (χ1n) is 5.85. The summed E-state index contributed by atoms with van der Waals surface area (Å²) in [5.74, 6) is 6.62. The number of hydrogen-bond acceptors (Lipinski definition) is 2. The van der Waals surface area contributed by atoms with Gasteiger partial charge in [-0.1, -0.05) is 13.0 Å². The van der Waals surface area contributed by atoms with Gasteiger partial charge in [0.15, 0.2) is 0 Å². The van der Waals surface area contributed by atoms with E-state index in [2.05, 4.69) is 12.3 Å². The molecule has 0 heterocycles. The van der Waals surface area contributed by atoms with Crippen molar-refractivity contribution in [3.05, 3.63) is 35.1 Å².